The Bertz CT molecular complexity index is 651. The van der Waals surface area contributed by atoms with Gasteiger partial charge < -0.3 is 19.4 Å². The lowest BCUT2D eigenvalue weighted by molar-refractivity contribution is -0.127. The number of nitrogens with one attached hydrogen (secondary N) is 1. The van der Waals surface area contributed by atoms with E-state index < -0.39 is 0 Å². The minimum atomic E-state index is -0.0768. The molecule has 1 atom stereocenters. The first-order chi connectivity index (χ1) is 11.2. The number of hydrogen-bond donors (Lipinski definition) is 1. The van der Waals surface area contributed by atoms with Crippen molar-refractivity contribution in [3.63, 3.8) is 0 Å². The molecule has 0 bridgehead atoms. The smallest absolute Gasteiger partial charge is 0.246 e. The molecule has 0 saturated carbocycles. The molecule has 23 heavy (non-hydrogen) atoms. The van der Waals surface area contributed by atoms with E-state index in [4.69, 9.17) is 9.47 Å². The zero-order chi connectivity index (χ0) is 16.1. The Labute approximate surface area is 135 Å². The monoisotopic (exact) mass is 315 g/mol. The lowest BCUT2D eigenvalue weighted by Crippen LogP contribution is -2.42. The van der Waals surface area contributed by atoms with Crippen LogP contribution >= 0.6 is 0 Å². The largest absolute Gasteiger partial charge is 0.497 e. The summed E-state index contributed by atoms with van der Waals surface area (Å²) in [5, 5.41) is 3.02. The first-order valence-corrected chi connectivity index (χ1v) is 7.74. The number of carbonyl (C=O) groups is 1. The number of ether oxygens (including phenoxy) is 2. The van der Waals surface area contributed by atoms with Gasteiger partial charge in [-0.05, 0) is 24.1 Å². The highest BCUT2D eigenvalue weighted by molar-refractivity contribution is 5.77. The van der Waals surface area contributed by atoms with Crippen LogP contribution in [0.3, 0.4) is 0 Å². The van der Waals surface area contributed by atoms with Gasteiger partial charge in [-0.3, -0.25) is 4.79 Å². The first-order valence-electron chi connectivity index (χ1n) is 7.74. The van der Waals surface area contributed by atoms with Crippen LogP contribution in [0.4, 0.5) is 0 Å². The number of rotatable bonds is 6. The fourth-order valence-corrected chi connectivity index (χ4v) is 2.74. The summed E-state index contributed by atoms with van der Waals surface area (Å²) in [7, 11) is 1.63. The van der Waals surface area contributed by atoms with Crippen molar-refractivity contribution < 1.29 is 14.3 Å². The first kappa shape index (κ1) is 15.6. The predicted octanol–water partition coefficient (Wildman–Crippen LogP) is 1.54. The highest BCUT2D eigenvalue weighted by Crippen LogP contribution is 2.13. The Kier molecular flexibility index (Phi) is 4.92. The molecule has 122 valence electrons. The predicted molar refractivity (Wildman–Crippen MR) is 85.1 cm³/mol. The van der Waals surface area contributed by atoms with Crippen LogP contribution in [0.15, 0.2) is 36.7 Å². The summed E-state index contributed by atoms with van der Waals surface area (Å²) >= 11 is 0. The number of hydrogen-bond acceptors (Lipinski definition) is 4. The van der Waals surface area contributed by atoms with Crippen LogP contribution in [0, 0.1) is 0 Å². The van der Waals surface area contributed by atoms with E-state index in [-0.39, 0.29) is 18.6 Å². The summed E-state index contributed by atoms with van der Waals surface area (Å²) in [6.07, 6.45) is 5.57. The molecule has 0 fully saturated rings. The maximum absolute atomic E-state index is 12.0. The summed E-state index contributed by atoms with van der Waals surface area (Å²) < 4.78 is 12.7. The third-order valence-electron chi connectivity index (χ3n) is 3.96. The number of methoxy groups -OCH3 is 1. The summed E-state index contributed by atoms with van der Waals surface area (Å²) in [6.45, 7) is 1.26. The number of carbonyl (C=O) groups excluding carboxylic acids is 1. The third-order valence-corrected chi connectivity index (χ3v) is 3.96. The Hall–Kier alpha value is -2.34. The molecule has 0 aliphatic carbocycles. The zero-order valence-corrected chi connectivity index (χ0v) is 13.2. The molecule has 1 N–H and O–H groups in total. The van der Waals surface area contributed by atoms with Crippen molar-refractivity contribution in [2.24, 2.45) is 0 Å². The Balaban J connectivity index is 1.40. The normalized spacial score (nSPS) is 16.7. The molecule has 1 aliphatic rings. The number of benzene rings is 1. The van der Waals surface area contributed by atoms with Gasteiger partial charge >= 0.3 is 0 Å². The van der Waals surface area contributed by atoms with Crippen molar-refractivity contribution in [1.29, 1.82) is 0 Å². The molecule has 0 saturated heterocycles. The fraction of sp³-hybridized carbons (Fsp3) is 0.412. The standard InChI is InChI=1S/C17H21N3O3/c1-22-15-5-2-13(3-6-15)11-23-12-17(21)19-14-4-7-16-18-8-9-20(16)10-14/h2-3,5-6,8-9,14H,4,7,10-12H2,1H3,(H,19,21)/t14-/m1/s1. The van der Waals surface area contributed by atoms with E-state index in [2.05, 4.69) is 14.9 Å². The molecular formula is C17H21N3O3. The van der Waals surface area contributed by atoms with Gasteiger partial charge in [-0.2, -0.15) is 0 Å². The SMILES string of the molecule is COc1ccc(COCC(=O)N[C@@H]2CCc3nccn3C2)cc1. The summed E-state index contributed by atoms with van der Waals surface area (Å²) in [6, 6.07) is 7.76. The minimum absolute atomic E-state index is 0.0688. The second kappa shape index (κ2) is 7.28. The van der Waals surface area contributed by atoms with Crippen molar-refractivity contribution in [1.82, 2.24) is 14.9 Å². The molecule has 1 aromatic carbocycles. The van der Waals surface area contributed by atoms with Gasteiger partial charge in [0, 0.05) is 31.4 Å². The highest BCUT2D eigenvalue weighted by atomic mass is 16.5. The molecule has 0 radical (unpaired) electrons. The van der Waals surface area contributed by atoms with Crippen molar-refractivity contribution in [3.8, 4) is 5.75 Å². The van der Waals surface area contributed by atoms with Gasteiger partial charge in [-0.1, -0.05) is 12.1 Å². The number of aryl methyl sites for hydroxylation is 1. The number of fused-ring (bicyclic) bond motifs is 1. The molecule has 2 aromatic rings. The molecule has 3 rings (SSSR count). The van der Waals surface area contributed by atoms with E-state index in [0.29, 0.717) is 6.61 Å². The molecule has 6 heteroatoms. The maximum Gasteiger partial charge on any atom is 0.246 e. The minimum Gasteiger partial charge on any atom is -0.497 e. The molecule has 1 aliphatic heterocycles. The quantitative estimate of drug-likeness (QED) is 0.878. The third kappa shape index (κ3) is 4.10. The van der Waals surface area contributed by atoms with E-state index in [1.165, 1.54) is 0 Å². The summed E-state index contributed by atoms with van der Waals surface area (Å²) in [5.74, 6) is 1.82. The van der Waals surface area contributed by atoms with Crippen LogP contribution in [0.25, 0.3) is 0 Å². The number of amides is 1. The van der Waals surface area contributed by atoms with Gasteiger partial charge in [-0.25, -0.2) is 4.98 Å². The Morgan fingerprint density at radius 2 is 2.22 bits per heavy atom. The lowest BCUT2D eigenvalue weighted by Gasteiger charge is -2.24. The van der Waals surface area contributed by atoms with Crippen molar-refractivity contribution in [2.75, 3.05) is 13.7 Å². The second-order valence-electron chi connectivity index (χ2n) is 5.64. The van der Waals surface area contributed by atoms with E-state index in [0.717, 1.165) is 36.5 Å². The van der Waals surface area contributed by atoms with Crippen molar-refractivity contribution >= 4 is 5.91 Å². The van der Waals surface area contributed by atoms with Crippen LogP contribution in [-0.4, -0.2) is 35.2 Å². The summed E-state index contributed by atoms with van der Waals surface area (Å²) in [5.41, 5.74) is 1.01. The van der Waals surface area contributed by atoms with E-state index in [1.807, 2.05) is 30.5 Å². The van der Waals surface area contributed by atoms with Crippen LogP contribution in [0.2, 0.25) is 0 Å². The summed E-state index contributed by atoms with van der Waals surface area (Å²) in [4.78, 5) is 16.3. The van der Waals surface area contributed by atoms with Crippen LogP contribution < -0.4 is 10.1 Å². The molecule has 1 aromatic heterocycles. The zero-order valence-electron chi connectivity index (χ0n) is 13.2. The Morgan fingerprint density at radius 1 is 1.39 bits per heavy atom. The molecule has 0 unspecified atom stereocenters. The number of imidazole rings is 1. The van der Waals surface area contributed by atoms with E-state index in [9.17, 15) is 4.79 Å². The van der Waals surface area contributed by atoms with E-state index >= 15 is 0 Å². The molecule has 6 nitrogen and oxygen atoms in total. The average Bonchev–Trinajstić information content (AvgIpc) is 3.03. The molecule has 1 amide bonds. The van der Waals surface area contributed by atoms with Gasteiger partial charge in [0.15, 0.2) is 0 Å². The molecular weight excluding hydrogens is 294 g/mol. The van der Waals surface area contributed by atoms with E-state index in [1.54, 1.807) is 13.3 Å². The maximum atomic E-state index is 12.0. The van der Waals surface area contributed by atoms with Gasteiger partial charge in [0.1, 0.15) is 18.2 Å². The fourth-order valence-electron chi connectivity index (χ4n) is 2.74. The van der Waals surface area contributed by atoms with Crippen molar-refractivity contribution in [2.45, 2.75) is 32.0 Å². The van der Waals surface area contributed by atoms with Crippen molar-refractivity contribution in [3.05, 3.63) is 48.0 Å². The highest BCUT2D eigenvalue weighted by Gasteiger charge is 2.20. The van der Waals surface area contributed by atoms with Gasteiger partial charge in [0.05, 0.1) is 13.7 Å². The average molecular weight is 315 g/mol. The van der Waals surface area contributed by atoms with Gasteiger partial charge in [0.25, 0.3) is 0 Å². The van der Waals surface area contributed by atoms with Crippen LogP contribution in [-0.2, 0) is 29.1 Å². The van der Waals surface area contributed by atoms with Crippen LogP contribution in [0.5, 0.6) is 5.75 Å². The number of aromatic nitrogens is 2. The van der Waals surface area contributed by atoms with Gasteiger partial charge in [-0.15, -0.1) is 0 Å². The van der Waals surface area contributed by atoms with Crippen LogP contribution in [0.1, 0.15) is 17.8 Å². The second-order valence-corrected chi connectivity index (χ2v) is 5.64. The number of nitrogens with zero attached hydrogens (tertiary/aromatic N) is 2. The lowest BCUT2D eigenvalue weighted by atomic mass is 10.1. The molecule has 2 heterocycles. The molecule has 0 spiro atoms. The Morgan fingerprint density at radius 3 is 3.00 bits per heavy atom. The van der Waals surface area contributed by atoms with Gasteiger partial charge in [0.2, 0.25) is 5.91 Å². The topological polar surface area (TPSA) is 65.4 Å².